The van der Waals surface area contributed by atoms with Crippen LogP contribution in [0.1, 0.15) is 44.8 Å². The van der Waals surface area contributed by atoms with Crippen molar-refractivity contribution >= 4 is 28.6 Å². The van der Waals surface area contributed by atoms with Crippen LogP contribution >= 0.6 is 0 Å². The summed E-state index contributed by atoms with van der Waals surface area (Å²) >= 11 is 0. The Morgan fingerprint density at radius 2 is 1.93 bits per heavy atom. The molecule has 1 aliphatic rings. The molecule has 0 aliphatic carbocycles. The number of anilines is 2. The topological polar surface area (TPSA) is 108 Å². The number of hydrogen-bond acceptors (Lipinski definition) is 8. The molecular formula is C29H35F2N9O. The van der Waals surface area contributed by atoms with E-state index in [2.05, 4.69) is 30.3 Å². The van der Waals surface area contributed by atoms with Gasteiger partial charge in [-0.25, -0.2) is 28.7 Å². The van der Waals surface area contributed by atoms with Gasteiger partial charge in [0.2, 0.25) is 5.95 Å². The van der Waals surface area contributed by atoms with Gasteiger partial charge in [0.15, 0.2) is 11.6 Å². The van der Waals surface area contributed by atoms with Gasteiger partial charge in [0.05, 0.1) is 11.7 Å². The van der Waals surface area contributed by atoms with Gasteiger partial charge in [0.1, 0.15) is 28.7 Å². The number of imidazole rings is 1. The lowest BCUT2D eigenvalue weighted by Crippen LogP contribution is -2.38. The summed E-state index contributed by atoms with van der Waals surface area (Å²) in [6.07, 6.45) is 1.85. The fourth-order valence-electron chi connectivity index (χ4n) is 5.24. The van der Waals surface area contributed by atoms with Gasteiger partial charge in [-0.15, -0.1) is 0 Å². The Morgan fingerprint density at radius 1 is 1.15 bits per heavy atom. The van der Waals surface area contributed by atoms with Crippen molar-refractivity contribution in [2.75, 3.05) is 32.0 Å². The Hall–Kier alpha value is -4.19. The van der Waals surface area contributed by atoms with Crippen LogP contribution in [0, 0.1) is 18.6 Å². The highest BCUT2D eigenvalue weighted by Gasteiger charge is 2.23. The Morgan fingerprint density at radius 3 is 2.66 bits per heavy atom. The van der Waals surface area contributed by atoms with Crippen molar-refractivity contribution < 1.29 is 14.0 Å². The maximum atomic E-state index is 15.1. The largest absolute Gasteiger partial charge is 0.409 e. The smallest absolute Gasteiger partial charge is 0.229 e. The lowest BCUT2D eigenvalue weighted by Gasteiger charge is -2.30. The van der Waals surface area contributed by atoms with Crippen molar-refractivity contribution in [3.8, 4) is 11.3 Å². The molecule has 0 fully saturated rings. The molecule has 10 nitrogen and oxygen atoms in total. The summed E-state index contributed by atoms with van der Waals surface area (Å²) in [7, 11) is 1.89. The minimum absolute atomic E-state index is 0.0114. The second-order valence-corrected chi connectivity index (χ2v) is 11.4. The van der Waals surface area contributed by atoms with Crippen molar-refractivity contribution in [1.29, 1.82) is 0 Å². The van der Waals surface area contributed by atoms with Crippen LogP contribution in [0.5, 0.6) is 0 Å². The molecule has 1 aliphatic heterocycles. The molecule has 0 unspecified atom stereocenters. The van der Waals surface area contributed by atoms with Crippen molar-refractivity contribution in [3.05, 3.63) is 59.2 Å². The van der Waals surface area contributed by atoms with Crippen molar-refractivity contribution in [2.24, 2.45) is 5.16 Å². The van der Waals surface area contributed by atoms with E-state index in [1.54, 1.807) is 13.0 Å². The predicted molar refractivity (Wildman–Crippen MR) is 154 cm³/mol. The molecule has 216 valence electrons. The van der Waals surface area contributed by atoms with Gasteiger partial charge < -0.3 is 20.0 Å². The van der Waals surface area contributed by atoms with Crippen LogP contribution in [-0.2, 0) is 18.5 Å². The lowest BCUT2D eigenvalue weighted by molar-refractivity contribution is 0.232. The first-order chi connectivity index (χ1) is 19.4. The Balaban J connectivity index is 1.36. The van der Waals surface area contributed by atoms with Gasteiger partial charge in [0, 0.05) is 56.4 Å². The maximum Gasteiger partial charge on any atom is 0.229 e. The molecule has 41 heavy (non-hydrogen) atoms. The summed E-state index contributed by atoms with van der Waals surface area (Å²) < 4.78 is 32.0. The van der Waals surface area contributed by atoms with E-state index in [9.17, 15) is 4.39 Å². The molecule has 1 aromatic carbocycles. The third kappa shape index (κ3) is 5.83. The molecule has 0 saturated carbocycles. The third-order valence-corrected chi connectivity index (χ3v) is 7.39. The summed E-state index contributed by atoms with van der Waals surface area (Å²) in [4.78, 5) is 21.9. The second kappa shape index (κ2) is 11.0. The van der Waals surface area contributed by atoms with E-state index >= 15 is 4.39 Å². The standard InChI is InChI=1S/C29H35F2N9O/c1-17-33-27-21(30)13-20(14-24(27)40(17)29(3,4)5)26-22(31)15-32-28(36-26)35-25-8-7-19-16-39(10-9-23(19)34-25)12-11-38(6)18(2)37-41/h7-8,13-15,41H,9-12,16H2,1-6H3,(H,32,34,35,36)/b37-18-. The zero-order valence-corrected chi connectivity index (χ0v) is 24.2. The normalized spacial score (nSPS) is 14.4. The fourth-order valence-corrected chi connectivity index (χ4v) is 5.24. The van der Waals surface area contributed by atoms with Gasteiger partial charge in [-0.05, 0) is 58.4 Å². The molecule has 5 rings (SSSR count). The highest BCUT2D eigenvalue weighted by Crippen LogP contribution is 2.32. The average Bonchev–Trinajstić information content (AvgIpc) is 3.29. The van der Waals surface area contributed by atoms with Crippen molar-refractivity contribution in [3.63, 3.8) is 0 Å². The fraction of sp³-hybridized carbons (Fsp3) is 0.414. The average molecular weight is 564 g/mol. The van der Waals surface area contributed by atoms with Gasteiger partial charge in [0.25, 0.3) is 0 Å². The Labute approximate surface area is 237 Å². The van der Waals surface area contributed by atoms with E-state index in [1.807, 2.05) is 56.3 Å². The number of aromatic nitrogens is 5. The molecule has 4 aromatic rings. The van der Waals surface area contributed by atoms with Crippen LogP contribution in [-0.4, -0.2) is 72.0 Å². The number of halogens is 2. The zero-order chi connectivity index (χ0) is 29.5. The van der Waals surface area contributed by atoms with E-state index in [4.69, 9.17) is 10.2 Å². The summed E-state index contributed by atoms with van der Waals surface area (Å²) in [6, 6.07) is 6.84. The van der Waals surface area contributed by atoms with Crippen LogP contribution < -0.4 is 5.32 Å². The summed E-state index contributed by atoms with van der Waals surface area (Å²) in [5.41, 5.74) is 2.87. The number of rotatable bonds is 6. The van der Waals surface area contributed by atoms with Crippen LogP contribution in [0.4, 0.5) is 20.5 Å². The van der Waals surface area contributed by atoms with E-state index < -0.39 is 11.6 Å². The lowest BCUT2D eigenvalue weighted by atomic mass is 10.1. The monoisotopic (exact) mass is 563 g/mol. The minimum atomic E-state index is -0.655. The number of aryl methyl sites for hydroxylation is 1. The molecule has 0 saturated heterocycles. The molecular weight excluding hydrogens is 528 g/mol. The molecule has 0 bridgehead atoms. The number of fused-ring (bicyclic) bond motifs is 2. The molecule has 3 aromatic heterocycles. The van der Waals surface area contributed by atoms with Crippen LogP contribution in [0.15, 0.2) is 35.6 Å². The number of benzene rings is 1. The van der Waals surface area contributed by atoms with Gasteiger partial charge in [-0.3, -0.25) is 4.90 Å². The summed E-state index contributed by atoms with van der Waals surface area (Å²) in [5, 5.41) is 15.3. The number of pyridine rings is 1. The predicted octanol–water partition coefficient (Wildman–Crippen LogP) is 5.07. The van der Waals surface area contributed by atoms with E-state index in [0.717, 1.165) is 50.1 Å². The number of oxime groups is 1. The number of nitrogens with zero attached hydrogens (tertiary/aromatic N) is 8. The van der Waals surface area contributed by atoms with Gasteiger partial charge in [-0.2, -0.15) is 0 Å². The SMILES string of the molecule is C/C(=N/O)N(C)CCN1CCc2nc(Nc3ncc(F)c(-c4cc(F)c5nc(C)n(C(C)(C)C)c5c4)n3)ccc2C1. The number of amidine groups is 1. The van der Waals surface area contributed by atoms with Crippen molar-refractivity contribution in [1.82, 2.24) is 34.3 Å². The molecule has 4 heterocycles. The number of likely N-dealkylation sites (N-methyl/N-ethyl adjacent to an activating group) is 1. The Kier molecular flexibility index (Phi) is 7.60. The van der Waals surface area contributed by atoms with Crippen LogP contribution in [0.3, 0.4) is 0 Å². The first kappa shape index (κ1) is 28.3. The molecule has 2 N–H and O–H groups in total. The highest BCUT2D eigenvalue weighted by molar-refractivity contribution is 5.83. The quantitative estimate of drug-likeness (QED) is 0.145. The number of hydrogen-bond donors (Lipinski definition) is 2. The molecule has 0 amide bonds. The minimum Gasteiger partial charge on any atom is -0.409 e. The summed E-state index contributed by atoms with van der Waals surface area (Å²) in [5.74, 6) is 0.767. The first-order valence-electron chi connectivity index (χ1n) is 13.5. The van der Waals surface area contributed by atoms with E-state index in [0.29, 0.717) is 28.6 Å². The molecule has 0 atom stereocenters. The van der Waals surface area contributed by atoms with Crippen molar-refractivity contribution in [2.45, 2.75) is 53.1 Å². The van der Waals surface area contributed by atoms with E-state index in [-0.39, 0.29) is 22.7 Å². The second-order valence-electron chi connectivity index (χ2n) is 11.4. The maximum absolute atomic E-state index is 15.1. The van der Waals surface area contributed by atoms with Crippen LogP contribution in [0.25, 0.3) is 22.3 Å². The van der Waals surface area contributed by atoms with Gasteiger partial charge >= 0.3 is 0 Å². The Bertz CT molecular complexity index is 1630. The van der Waals surface area contributed by atoms with Gasteiger partial charge in [-0.1, -0.05) is 11.2 Å². The van der Waals surface area contributed by atoms with Crippen LogP contribution in [0.2, 0.25) is 0 Å². The van der Waals surface area contributed by atoms with E-state index in [1.165, 1.54) is 6.07 Å². The number of nitrogens with one attached hydrogen (secondary N) is 1. The molecule has 12 heteroatoms. The molecule has 0 radical (unpaired) electrons. The first-order valence-corrected chi connectivity index (χ1v) is 13.5. The molecule has 0 spiro atoms. The summed E-state index contributed by atoms with van der Waals surface area (Å²) in [6.45, 7) is 12.8. The zero-order valence-electron chi connectivity index (χ0n) is 24.2. The highest BCUT2D eigenvalue weighted by atomic mass is 19.1. The third-order valence-electron chi connectivity index (χ3n) is 7.39.